The number of hydrogen-bond acceptors (Lipinski definition) is 4. The van der Waals surface area contributed by atoms with Crippen LogP contribution in [0.3, 0.4) is 0 Å². The van der Waals surface area contributed by atoms with Crippen LogP contribution in [-0.4, -0.2) is 38.2 Å². The lowest BCUT2D eigenvalue weighted by Crippen LogP contribution is -2.36. The first-order chi connectivity index (χ1) is 9.92. The van der Waals surface area contributed by atoms with E-state index in [1.165, 1.54) is 25.0 Å². The summed E-state index contributed by atoms with van der Waals surface area (Å²) in [6.45, 7) is 5.78. The predicted molar refractivity (Wildman–Crippen MR) is 82.6 cm³/mol. The third-order valence-corrected chi connectivity index (χ3v) is 5.62. The zero-order valence-electron chi connectivity index (χ0n) is 12.6. The topological polar surface area (TPSA) is 61.2 Å². The van der Waals surface area contributed by atoms with Crippen molar-refractivity contribution in [1.29, 1.82) is 5.26 Å². The molecule has 0 spiro atoms. The van der Waals surface area contributed by atoms with Gasteiger partial charge in [-0.1, -0.05) is 0 Å². The zero-order chi connectivity index (χ0) is 15.5. The van der Waals surface area contributed by atoms with E-state index in [2.05, 4.69) is 18.7 Å². The molecule has 114 valence electrons. The van der Waals surface area contributed by atoms with Crippen LogP contribution in [0.5, 0.6) is 0 Å². The van der Waals surface area contributed by atoms with Crippen molar-refractivity contribution < 1.29 is 8.42 Å². The summed E-state index contributed by atoms with van der Waals surface area (Å²) < 4.78 is 24.7. The van der Waals surface area contributed by atoms with E-state index >= 15 is 0 Å². The van der Waals surface area contributed by atoms with E-state index in [0.717, 1.165) is 12.5 Å². The van der Waals surface area contributed by atoms with Crippen molar-refractivity contribution in [1.82, 2.24) is 4.90 Å². The number of sulfone groups is 1. The molecule has 0 aromatic heterocycles. The van der Waals surface area contributed by atoms with E-state index in [-0.39, 0.29) is 5.75 Å². The molecule has 0 amide bonds. The van der Waals surface area contributed by atoms with Crippen LogP contribution in [0.25, 0.3) is 0 Å². The van der Waals surface area contributed by atoms with Crippen LogP contribution in [0.1, 0.15) is 32.3 Å². The van der Waals surface area contributed by atoms with Crippen molar-refractivity contribution in [2.45, 2.75) is 37.6 Å². The second-order valence-corrected chi connectivity index (χ2v) is 8.10. The highest BCUT2D eigenvalue weighted by Gasteiger charge is 2.26. The van der Waals surface area contributed by atoms with Crippen LogP contribution < -0.4 is 0 Å². The third-order valence-electron chi connectivity index (χ3n) is 3.91. The van der Waals surface area contributed by atoms with Gasteiger partial charge in [0.15, 0.2) is 9.84 Å². The maximum absolute atomic E-state index is 12.4. The van der Waals surface area contributed by atoms with Gasteiger partial charge in [-0.2, -0.15) is 5.26 Å². The Morgan fingerprint density at radius 3 is 2.38 bits per heavy atom. The van der Waals surface area contributed by atoms with Gasteiger partial charge < -0.3 is 0 Å². The third kappa shape index (κ3) is 4.55. The minimum atomic E-state index is -3.28. The largest absolute Gasteiger partial charge is 0.300 e. The number of nitriles is 1. The Morgan fingerprint density at radius 1 is 1.29 bits per heavy atom. The molecule has 4 nitrogen and oxygen atoms in total. The minimum absolute atomic E-state index is 0.129. The lowest BCUT2D eigenvalue weighted by Gasteiger charge is -2.26. The molecule has 0 aliphatic heterocycles. The van der Waals surface area contributed by atoms with Crippen LogP contribution in [0, 0.1) is 17.2 Å². The molecule has 1 fully saturated rings. The van der Waals surface area contributed by atoms with Crippen LogP contribution in [0.15, 0.2) is 29.2 Å². The quantitative estimate of drug-likeness (QED) is 0.776. The van der Waals surface area contributed by atoms with Crippen molar-refractivity contribution in [2.75, 3.05) is 18.8 Å². The summed E-state index contributed by atoms with van der Waals surface area (Å²) in [7, 11) is -3.28. The highest BCUT2D eigenvalue weighted by atomic mass is 32.2. The summed E-state index contributed by atoms with van der Waals surface area (Å²) in [5.74, 6) is 0.883. The Labute approximate surface area is 127 Å². The monoisotopic (exact) mass is 306 g/mol. The normalized spacial score (nSPS) is 15.4. The van der Waals surface area contributed by atoms with Gasteiger partial charge in [-0.05, 0) is 56.9 Å². The molecule has 1 aliphatic rings. The van der Waals surface area contributed by atoms with Crippen molar-refractivity contribution in [2.24, 2.45) is 5.92 Å². The van der Waals surface area contributed by atoms with Gasteiger partial charge >= 0.3 is 0 Å². The fraction of sp³-hybridized carbons (Fsp3) is 0.562. The van der Waals surface area contributed by atoms with E-state index in [4.69, 9.17) is 5.26 Å². The molecule has 0 bridgehead atoms. The highest BCUT2D eigenvalue weighted by Crippen LogP contribution is 2.30. The summed E-state index contributed by atoms with van der Waals surface area (Å²) in [6, 6.07) is 8.51. The van der Waals surface area contributed by atoms with Gasteiger partial charge in [0.2, 0.25) is 0 Å². The molecule has 0 heterocycles. The molecule has 0 unspecified atom stereocenters. The Bertz CT molecular complexity index is 611. The van der Waals surface area contributed by atoms with Gasteiger partial charge in [0.05, 0.1) is 22.3 Å². The first kappa shape index (κ1) is 16.0. The molecule has 0 N–H and O–H groups in total. The Kier molecular flexibility index (Phi) is 5.02. The molecule has 0 atom stereocenters. The van der Waals surface area contributed by atoms with Crippen molar-refractivity contribution in [3.63, 3.8) is 0 Å². The average Bonchev–Trinajstić information content (AvgIpc) is 3.27. The van der Waals surface area contributed by atoms with Gasteiger partial charge in [0.25, 0.3) is 0 Å². The molecule has 1 aromatic rings. The van der Waals surface area contributed by atoms with E-state index in [1.54, 1.807) is 12.1 Å². The average molecular weight is 306 g/mol. The molecular formula is C16H22N2O2S. The second kappa shape index (κ2) is 6.59. The molecule has 5 heteroatoms. The molecule has 0 radical (unpaired) electrons. The first-order valence-electron chi connectivity index (χ1n) is 7.39. The van der Waals surface area contributed by atoms with Crippen molar-refractivity contribution in [3.05, 3.63) is 29.8 Å². The SMILES string of the molecule is CC(C)N(CCS(=O)(=O)c1ccc(C#N)cc1)CC1CC1. The lowest BCUT2D eigenvalue weighted by atomic mass is 10.2. The first-order valence-corrected chi connectivity index (χ1v) is 9.04. The molecule has 0 saturated heterocycles. The summed E-state index contributed by atoms with van der Waals surface area (Å²) >= 11 is 0. The molecule has 21 heavy (non-hydrogen) atoms. The van der Waals surface area contributed by atoms with E-state index in [1.807, 2.05) is 6.07 Å². The maximum Gasteiger partial charge on any atom is 0.179 e. The minimum Gasteiger partial charge on any atom is -0.300 e. The fourth-order valence-corrected chi connectivity index (χ4v) is 3.55. The number of nitrogens with zero attached hydrogens (tertiary/aromatic N) is 2. The highest BCUT2D eigenvalue weighted by molar-refractivity contribution is 7.91. The van der Waals surface area contributed by atoms with Crippen LogP contribution in [0.2, 0.25) is 0 Å². The predicted octanol–water partition coefficient (Wildman–Crippen LogP) is 2.45. The maximum atomic E-state index is 12.4. The van der Waals surface area contributed by atoms with Gasteiger partial charge in [0, 0.05) is 19.1 Å². The molecule has 1 aromatic carbocycles. The van der Waals surface area contributed by atoms with E-state index < -0.39 is 9.84 Å². The summed E-state index contributed by atoms with van der Waals surface area (Å²) in [4.78, 5) is 2.55. The van der Waals surface area contributed by atoms with Gasteiger partial charge in [-0.3, -0.25) is 4.90 Å². The molecular weight excluding hydrogens is 284 g/mol. The van der Waals surface area contributed by atoms with Gasteiger partial charge in [0.1, 0.15) is 0 Å². The smallest absolute Gasteiger partial charge is 0.179 e. The lowest BCUT2D eigenvalue weighted by molar-refractivity contribution is 0.225. The van der Waals surface area contributed by atoms with Crippen LogP contribution in [0.4, 0.5) is 0 Å². The summed E-state index contributed by atoms with van der Waals surface area (Å²) in [5, 5.41) is 8.75. The van der Waals surface area contributed by atoms with Gasteiger partial charge in [-0.15, -0.1) is 0 Å². The molecule has 1 aliphatic carbocycles. The van der Waals surface area contributed by atoms with Crippen molar-refractivity contribution >= 4 is 9.84 Å². The number of benzene rings is 1. The van der Waals surface area contributed by atoms with Gasteiger partial charge in [-0.25, -0.2) is 8.42 Å². The Balaban J connectivity index is 2.00. The number of rotatable bonds is 7. The van der Waals surface area contributed by atoms with Crippen molar-refractivity contribution in [3.8, 4) is 6.07 Å². The Morgan fingerprint density at radius 2 is 1.90 bits per heavy atom. The van der Waals surface area contributed by atoms with Crippen LogP contribution >= 0.6 is 0 Å². The zero-order valence-corrected chi connectivity index (χ0v) is 13.4. The second-order valence-electron chi connectivity index (χ2n) is 5.99. The Hall–Kier alpha value is -1.38. The fourth-order valence-electron chi connectivity index (χ4n) is 2.28. The van der Waals surface area contributed by atoms with E-state index in [9.17, 15) is 8.42 Å². The van der Waals surface area contributed by atoms with Crippen LogP contribution in [-0.2, 0) is 9.84 Å². The van der Waals surface area contributed by atoms with E-state index in [0.29, 0.717) is 23.0 Å². The summed E-state index contributed by atoms with van der Waals surface area (Å²) in [6.07, 6.45) is 2.54. The molecule has 2 rings (SSSR count). The standard InChI is InChI=1S/C16H22N2O2S/c1-13(2)18(12-15-3-4-15)9-10-21(19,20)16-7-5-14(11-17)6-8-16/h5-8,13,15H,3-4,9-10,12H2,1-2H3. The molecule has 1 saturated carbocycles. The summed E-state index contributed by atoms with van der Waals surface area (Å²) in [5.41, 5.74) is 0.478. The number of hydrogen-bond donors (Lipinski definition) is 0.